The van der Waals surface area contributed by atoms with Gasteiger partial charge in [-0.25, -0.2) is 4.79 Å². The summed E-state index contributed by atoms with van der Waals surface area (Å²) < 4.78 is 26.4. The summed E-state index contributed by atoms with van der Waals surface area (Å²) in [7, 11) is -0.674. The number of hydrogen-bond acceptors (Lipinski definition) is 8. The van der Waals surface area contributed by atoms with Crippen molar-refractivity contribution in [3.05, 3.63) is 42.5 Å². The molecule has 8 nitrogen and oxygen atoms in total. The van der Waals surface area contributed by atoms with Crippen LogP contribution in [0.1, 0.15) is 206 Å². The average molecular weight is 1220 g/mol. The molecule has 0 aliphatic heterocycles. The second-order valence-corrected chi connectivity index (χ2v) is 45.1. The van der Waals surface area contributed by atoms with E-state index in [-0.39, 0.29) is 41.8 Å². The Labute approximate surface area is 504 Å². The standard InChI is InChI=1S/C38H62O3SeSi.C32H56O3Si.H2O2/c1-25-18-20-38(7)31-19-21-37(6)29(26(2)23-34(35(39)40-8)42-27-14-12-11-13-15-27)16-17-30(37)28(31)24-33(32(38)22-25)41-43(9,10)36(3,4)5;1-21-15-17-32(7)26-16-18-31(6)24(22(2)11-14-29(33)34-8)12-13-25(31)23(26)20-28(27(32)19-21)35-36(9,10)30(3,4)5;1-2/h11-15,25-26,28-34H,16-24H2,1-10H3;11,14,21-28H,12-13,15-20H2,1-10H3;1-2H/b;14-11+;/t25-,26-,28?,29-,30?,31?,32+,33+,34?,37-,38-;21-,22-,23?,24-,25?,26?,27+,28+,31-,32-;/m11./s1. The predicted molar refractivity (Wildman–Crippen MR) is 341 cm³/mol. The summed E-state index contributed by atoms with van der Waals surface area (Å²) >= 11 is 0.0958. The molecule has 1 aromatic carbocycles. The molecule has 0 radical (unpaired) electrons. The fourth-order valence-electron chi connectivity index (χ4n) is 20.1. The van der Waals surface area contributed by atoms with E-state index in [1.54, 1.807) is 13.2 Å². The van der Waals surface area contributed by atoms with Crippen molar-refractivity contribution < 1.29 is 38.4 Å². The second kappa shape index (κ2) is 25.8. The van der Waals surface area contributed by atoms with Crippen LogP contribution in [0.15, 0.2) is 42.5 Å². The first-order valence-electron chi connectivity index (χ1n) is 32.9. The van der Waals surface area contributed by atoms with Gasteiger partial charge in [0.1, 0.15) is 0 Å². The summed E-state index contributed by atoms with van der Waals surface area (Å²) in [5.74, 6) is 9.99. The van der Waals surface area contributed by atoms with Gasteiger partial charge >= 0.3 is 251 Å². The van der Waals surface area contributed by atoms with Crippen molar-refractivity contribution in [3.8, 4) is 0 Å². The molecule has 8 aliphatic rings. The van der Waals surface area contributed by atoms with Gasteiger partial charge in [-0.1, -0.05) is 88.7 Å². The maximum absolute atomic E-state index is 13.0. The van der Waals surface area contributed by atoms with Crippen molar-refractivity contribution in [3.63, 3.8) is 0 Å². The Kier molecular flexibility index (Phi) is 21.4. The Morgan fingerprint density at radius 3 is 1.46 bits per heavy atom. The van der Waals surface area contributed by atoms with Crippen LogP contribution in [0.4, 0.5) is 0 Å². The molecular weight excluding hydrogens is 1100 g/mol. The molecule has 0 heterocycles. The first-order valence-corrected chi connectivity index (χ1v) is 40.5. The largest absolute Gasteiger partial charge is 0.255 e. The van der Waals surface area contributed by atoms with Crippen LogP contribution < -0.4 is 4.46 Å². The first-order chi connectivity index (χ1) is 37.7. The summed E-state index contributed by atoms with van der Waals surface area (Å²) in [6, 6.07) is 10.6. The number of benzene rings is 1. The minimum Gasteiger partial charge on any atom is -0.255 e. The van der Waals surface area contributed by atoms with Gasteiger partial charge in [0.25, 0.3) is 0 Å². The molecule has 0 amide bonds. The monoisotopic (exact) mass is 1220 g/mol. The van der Waals surface area contributed by atoms with Crippen LogP contribution in [-0.2, 0) is 27.9 Å². The summed E-state index contributed by atoms with van der Waals surface area (Å²) in [5, 5.41) is 12.5. The van der Waals surface area contributed by atoms with Crippen LogP contribution in [0.2, 0.25) is 41.1 Å². The molecule has 462 valence electrons. The predicted octanol–water partition coefficient (Wildman–Crippen LogP) is 18.0. The molecule has 0 aromatic heterocycles. The summed E-state index contributed by atoms with van der Waals surface area (Å²) in [5.41, 5.74) is 1.58. The fourth-order valence-corrected chi connectivity index (χ4v) is 25.4. The molecule has 11 heteroatoms. The fraction of sp³-hybridized carbons (Fsp3) is 0.857. The molecule has 0 spiro atoms. The quantitative estimate of drug-likeness (QED) is 0.0661. The van der Waals surface area contributed by atoms with Crippen LogP contribution in [0.25, 0.3) is 0 Å². The SMILES string of the molecule is COC(=O)/C=C/[C@@H](C)[C@H]1CCC2C3C[C@H](O[Si](C)(C)C(C)(C)C)[C@@H]4C[C@H](C)CC[C@]4(C)C3CC[C@@]21C.COC(=O)C(C[C@@H](C)[C@H]1CCC2C3C[C@H](O[Si](C)(C)C(C)(C)C)[C@@H]4C[C@H](C)CC[C@]4(C)C3CC[C@@]21C)[Se]c1ccccc1.OO. The average Bonchev–Trinajstić information content (AvgIpc) is 3.84. The Hall–Kier alpha value is -1.31. The van der Waals surface area contributed by atoms with Crippen molar-refractivity contribution in [1.29, 1.82) is 0 Å². The van der Waals surface area contributed by atoms with E-state index in [9.17, 15) is 9.59 Å². The van der Waals surface area contributed by atoms with Gasteiger partial charge in [0.15, 0.2) is 8.32 Å². The van der Waals surface area contributed by atoms with E-state index in [4.69, 9.17) is 28.8 Å². The van der Waals surface area contributed by atoms with Crippen molar-refractivity contribution in [2.75, 3.05) is 14.2 Å². The van der Waals surface area contributed by atoms with E-state index in [1.165, 1.54) is 114 Å². The van der Waals surface area contributed by atoms with Crippen molar-refractivity contribution in [1.82, 2.24) is 0 Å². The van der Waals surface area contributed by atoms with Gasteiger partial charge in [0.2, 0.25) is 0 Å². The summed E-state index contributed by atoms with van der Waals surface area (Å²) in [4.78, 5) is 24.8. The van der Waals surface area contributed by atoms with Crippen LogP contribution >= 0.6 is 0 Å². The number of rotatable bonds is 13. The first kappa shape index (κ1) is 67.2. The van der Waals surface area contributed by atoms with Crippen molar-refractivity contribution >= 4 is 48.0 Å². The molecule has 9 rings (SSSR count). The van der Waals surface area contributed by atoms with E-state index in [0.29, 0.717) is 63.5 Å². The molecule has 7 unspecified atom stereocenters. The second-order valence-electron chi connectivity index (χ2n) is 32.9. The summed E-state index contributed by atoms with van der Waals surface area (Å²) in [6.07, 6.45) is 27.3. The zero-order valence-corrected chi connectivity index (χ0v) is 58.8. The zero-order chi connectivity index (χ0) is 60.1. The summed E-state index contributed by atoms with van der Waals surface area (Å²) in [6.45, 7) is 44.8. The Balaban J connectivity index is 0.000000230. The molecule has 2 N–H and O–H groups in total. The number of methoxy groups -OCH3 is 2. The minimum atomic E-state index is -1.87. The van der Waals surface area contributed by atoms with Gasteiger partial charge in [-0.05, 0) is 115 Å². The minimum absolute atomic E-state index is 0.00478. The topological polar surface area (TPSA) is 112 Å². The molecule has 1 aromatic rings. The molecule has 0 bridgehead atoms. The van der Waals surface area contributed by atoms with E-state index in [2.05, 4.69) is 160 Å². The molecular formula is C70H120O8SeSi2. The molecule has 8 saturated carbocycles. The molecule has 8 fully saturated rings. The van der Waals surface area contributed by atoms with Crippen LogP contribution in [-0.4, -0.2) is 80.5 Å². The number of fused-ring (bicyclic) bond motifs is 10. The molecule has 0 saturated heterocycles. The van der Waals surface area contributed by atoms with Gasteiger partial charge in [0, 0.05) is 12.2 Å². The third-order valence-electron chi connectivity index (χ3n) is 26.6. The molecule has 8 aliphatic carbocycles. The number of ether oxygens (including phenoxy) is 2. The van der Waals surface area contributed by atoms with Crippen LogP contribution in [0, 0.1) is 105 Å². The number of hydrogen-bond donors (Lipinski definition) is 2. The maximum Gasteiger partial charge on any atom is -0.255 e. The van der Waals surface area contributed by atoms with Gasteiger partial charge in [-0.2, -0.15) is 0 Å². The van der Waals surface area contributed by atoms with Crippen LogP contribution in [0.5, 0.6) is 0 Å². The number of carbonyl (C=O) groups is 2. The Morgan fingerprint density at radius 2 is 1.02 bits per heavy atom. The Bertz CT molecular complexity index is 2280. The van der Waals surface area contributed by atoms with E-state index in [0.717, 1.165) is 59.7 Å². The Morgan fingerprint density at radius 1 is 0.605 bits per heavy atom. The molecule has 21 atom stereocenters. The van der Waals surface area contributed by atoms with E-state index >= 15 is 0 Å². The van der Waals surface area contributed by atoms with Gasteiger partial charge in [-0.3, -0.25) is 10.5 Å². The van der Waals surface area contributed by atoms with Gasteiger partial charge < -0.3 is 9.16 Å². The maximum atomic E-state index is 13.0. The molecule has 81 heavy (non-hydrogen) atoms. The number of allylic oxidation sites excluding steroid dienone is 1. The van der Waals surface area contributed by atoms with E-state index in [1.807, 2.05) is 0 Å². The number of carbonyl (C=O) groups excluding carboxylic acids is 2. The third-order valence-corrected chi connectivity index (χ3v) is 38.2. The number of esters is 2. The zero-order valence-electron chi connectivity index (χ0n) is 55.1. The van der Waals surface area contributed by atoms with Gasteiger partial charge in [0.05, 0.1) is 7.11 Å². The van der Waals surface area contributed by atoms with Crippen LogP contribution in [0.3, 0.4) is 0 Å². The van der Waals surface area contributed by atoms with Gasteiger partial charge in [-0.15, -0.1) is 0 Å². The smallest absolute Gasteiger partial charge is 0.255 e. The van der Waals surface area contributed by atoms with E-state index < -0.39 is 16.6 Å². The normalized spacial score (nSPS) is 40.5. The van der Waals surface area contributed by atoms with Crippen molar-refractivity contribution in [2.45, 2.75) is 259 Å². The van der Waals surface area contributed by atoms with Crippen molar-refractivity contribution in [2.24, 2.45) is 105 Å². The third kappa shape index (κ3) is 13.4.